The van der Waals surface area contributed by atoms with Crippen molar-refractivity contribution >= 4 is 14.5 Å². The molecule has 0 radical (unpaired) electrons. The van der Waals surface area contributed by atoms with Crippen LogP contribution < -0.4 is 5.30 Å². The van der Waals surface area contributed by atoms with Crippen molar-refractivity contribution in [1.29, 1.82) is 0 Å². The van der Waals surface area contributed by atoms with Crippen LogP contribution in [-0.2, 0) is 0 Å². The molecule has 2 aromatic carbocycles. The summed E-state index contributed by atoms with van der Waals surface area (Å²) >= 11 is 0. The summed E-state index contributed by atoms with van der Waals surface area (Å²) < 4.78 is 0. The lowest BCUT2D eigenvalue weighted by Crippen LogP contribution is -2.00. The zero-order valence-electron chi connectivity index (χ0n) is 11.5. The third kappa shape index (κ3) is 2.37. The predicted octanol–water partition coefficient (Wildman–Crippen LogP) is 3.26. The third-order valence-electron chi connectivity index (χ3n) is 3.34. The zero-order chi connectivity index (χ0) is 14.1. The van der Waals surface area contributed by atoms with E-state index in [1.165, 1.54) is 11.1 Å². The van der Waals surface area contributed by atoms with Gasteiger partial charge in [0, 0.05) is 11.1 Å². The highest BCUT2D eigenvalue weighted by atomic mass is 31.0. The van der Waals surface area contributed by atoms with Crippen molar-refractivity contribution in [3.63, 3.8) is 0 Å². The molecule has 1 atom stereocenters. The van der Waals surface area contributed by atoms with Gasteiger partial charge in [0.05, 0.1) is 0 Å². The van der Waals surface area contributed by atoms with Gasteiger partial charge in [0.2, 0.25) is 0 Å². The van der Waals surface area contributed by atoms with Crippen LogP contribution in [0.1, 0.15) is 11.1 Å². The van der Waals surface area contributed by atoms with Gasteiger partial charge in [-0.2, -0.15) is 5.10 Å². The van der Waals surface area contributed by atoms with Gasteiger partial charge in [-0.1, -0.05) is 48.0 Å². The Morgan fingerprint density at radius 2 is 1.75 bits per heavy atom. The van der Waals surface area contributed by atoms with Gasteiger partial charge < -0.3 is 0 Å². The fourth-order valence-electron chi connectivity index (χ4n) is 2.22. The third-order valence-corrected chi connectivity index (χ3v) is 3.82. The number of H-pyrrole nitrogens is 1. The lowest BCUT2D eigenvalue weighted by molar-refractivity contribution is 1.10. The number of aromatic amines is 1. The molecule has 3 rings (SSSR count). The summed E-state index contributed by atoms with van der Waals surface area (Å²) in [6.45, 7) is 4.15. The molecule has 0 saturated carbocycles. The van der Waals surface area contributed by atoms with Crippen molar-refractivity contribution < 1.29 is 0 Å². The van der Waals surface area contributed by atoms with E-state index in [-0.39, 0.29) is 0 Å². The van der Waals surface area contributed by atoms with Crippen LogP contribution in [0.25, 0.3) is 22.8 Å². The Hall–Kier alpha value is -1.99. The Morgan fingerprint density at radius 1 is 1.00 bits per heavy atom. The van der Waals surface area contributed by atoms with E-state index >= 15 is 0 Å². The molecule has 100 valence electrons. The molecule has 1 N–H and O–H groups in total. The minimum atomic E-state index is 0.729. The van der Waals surface area contributed by atoms with Crippen LogP contribution in [0.2, 0.25) is 0 Å². The molecule has 0 bridgehead atoms. The highest BCUT2D eigenvalue weighted by molar-refractivity contribution is 7.28. The maximum atomic E-state index is 4.62. The first-order valence-corrected chi connectivity index (χ1v) is 7.08. The summed E-state index contributed by atoms with van der Waals surface area (Å²) in [5, 5.41) is 8.49. The first kappa shape index (κ1) is 13.0. The molecule has 20 heavy (non-hydrogen) atoms. The predicted molar refractivity (Wildman–Crippen MR) is 86.1 cm³/mol. The van der Waals surface area contributed by atoms with Crippen LogP contribution in [-0.4, -0.2) is 15.2 Å². The van der Waals surface area contributed by atoms with Crippen molar-refractivity contribution in [2.45, 2.75) is 13.8 Å². The van der Waals surface area contributed by atoms with Gasteiger partial charge in [0.25, 0.3) is 0 Å². The first-order valence-electron chi connectivity index (χ1n) is 6.50. The normalized spacial score (nSPS) is 10.8. The second kappa shape index (κ2) is 5.18. The van der Waals surface area contributed by atoms with Crippen LogP contribution in [0.4, 0.5) is 0 Å². The average molecular weight is 281 g/mol. The van der Waals surface area contributed by atoms with E-state index in [0.717, 1.165) is 28.1 Å². The highest BCUT2D eigenvalue weighted by Gasteiger charge is 2.11. The Labute approximate surface area is 120 Å². The van der Waals surface area contributed by atoms with E-state index in [1.807, 2.05) is 18.2 Å². The fourth-order valence-corrected chi connectivity index (χ4v) is 2.69. The lowest BCUT2D eigenvalue weighted by Gasteiger charge is -2.05. The summed E-state index contributed by atoms with van der Waals surface area (Å²) in [6.07, 6.45) is 0. The number of aromatic nitrogens is 3. The van der Waals surface area contributed by atoms with E-state index in [4.69, 9.17) is 0 Å². The molecule has 1 unspecified atom stereocenters. The van der Waals surface area contributed by atoms with Gasteiger partial charge in [-0.25, -0.2) is 4.98 Å². The van der Waals surface area contributed by atoms with E-state index < -0.39 is 0 Å². The van der Waals surface area contributed by atoms with Crippen molar-refractivity contribution in [1.82, 2.24) is 15.2 Å². The van der Waals surface area contributed by atoms with E-state index in [0.29, 0.717) is 0 Å². The molecular formula is C16H16N3P. The Bertz CT molecular complexity index is 724. The van der Waals surface area contributed by atoms with Gasteiger partial charge >= 0.3 is 0 Å². The largest absolute Gasteiger partial charge is 0.259 e. The quantitative estimate of drug-likeness (QED) is 0.733. The van der Waals surface area contributed by atoms with Gasteiger partial charge in [0.1, 0.15) is 0 Å². The minimum absolute atomic E-state index is 0.729. The van der Waals surface area contributed by atoms with Crippen molar-refractivity contribution in [2.75, 3.05) is 0 Å². The van der Waals surface area contributed by atoms with Crippen molar-refractivity contribution in [2.24, 2.45) is 0 Å². The molecule has 3 aromatic rings. The molecule has 0 aliphatic rings. The summed E-state index contributed by atoms with van der Waals surface area (Å²) in [5.74, 6) is 1.54. The van der Waals surface area contributed by atoms with Crippen LogP contribution in [0.3, 0.4) is 0 Å². The van der Waals surface area contributed by atoms with Crippen LogP contribution >= 0.6 is 9.24 Å². The van der Waals surface area contributed by atoms with Gasteiger partial charge in [-0.3, -0.25) is 5.10 Å². The number of hydrogen-bond donors (Lipinski definition) is 1. The Balaban J connectivity index is 2.04. The lowest BCUT2D eigenvalue weighted by atomic mass is 10.1. The summed E-state index contributed by atoms with van der Waals surface area (Å²) in [4.78, 5) is 4.62. The summed E-state index contributed by atoms with van der Waals surface area (Å²) in [6, 6.07) is 14.4. The van der Waals surface area contributed by atoms with Gasteiger partial charge in [-0.15, -0.1) is 9.24 Å². The summed E-state index contributed by atoms with van der Waals surface area (Å²) in [7, 11) is 2.75. The van der Waals surface area contributed by atoms with E-state index in [9.17, 15) is 0 Å². The van der Waals surface area contributed by atoms with E-state index in [2.05, 4.69) is 62.5 Å². The standard InChI is InChI=1S/C16H16N3P/c1-10-6-8-12(9-7-10)15-17-16(19-18-15)14-11(2)4-3-5-13(14)20/h3-9H,20H2,1-2H3,(H,17,18,19). The van der Waals surface area contributed by atoms with Crippen molar-refractivity contribution in [3.05, 3.63) is 53.6 Å². The molecule has 0 aliphatic carbocycles. The second-order valence-electron chi connectivity index (χ2n) is 4.91. The SMILES string of the molecule is Cc1ccc(-c2n[nH]c(-c3c(C)cccc3P)n2)cc1. The molecule has 0 amide bonds. The zero-order valence-corrected chi connectivity index (χ0v) is 12.7. The maximum Gasteiger partial charge on any atom is 0.181 e. The fraction of sp³-hybridized carbons (Fsp3) is 0.125. The second-order valence-corrected chi connectivity index (χ2v) is 5.53. The monoisotopic (exact) mass is 281 g/mol. The van der Waals surface area contributed by atoms with Gasteiger partial charge in [-0.05, 0) is 24.7 Å². The van der Waals surface area contributed by atoms with Crippen molar-refractivity contribution in [3.8, 4) is 22.8 Å². The number of aryl methyl sites for hydroxylation is 2. The van der Waals surface area contributed by atoms with Gasteiger partial charge in [0.15, 0.2) is 11.6 Å². The number of nitrogens with zero attached hydrogens (tertiary/aromatic N) is 2. The number of hydrogen-bond acceptors (Lipinski definition) is 2. The maximum absolute atomic E-state index is 4.62. The molecule has 0 fully saturated rings. The molecular weight excluding hydrogens is 265 g/mol. The van der Waals surface area contributed by atoms with Crippen LogP contribution in [0, 0.1) is 13.8 Å². The molecule has 0 spiro atoms. The molecule has 0 aliphatic heterocycles. The van der Waals surface area contributed by atoms with E-state index in [1.54, 1.807) is 0 Å². The molecule has 4 heteroatoms. The van der Waals surface area contributed by atoms with Crippen LogP contribution in [0.5, 0.6) is 0 Å². The molecule has 0 saturated heterocycles. The first-order chi connectivity index (χ1) is 9.65. The summed E-state index contributed by atoms with van der Waals surface area (Å²) in [5.41, 5.74) is 4.54. The molecule has 1 heterocycles. The smallest absolute Gasteiger partial charge is 0.181 e. The molecule has 3 nitrogen and oxygen atoms in total. The minimum Gasteiger partial charge on any atom is -0.259 e. The Kier molecular flexibility index (Phi) is 3.37. The highest BCUT2D eigenvalue weighted by Crippen LogP contribution is 2.22. The topological polar surface area (TPSA) is 41.6 Å². The Morgan fingerprint density at radius 3 is 2.45 bits per heavy atom. The average Bonchev–Trinajstić information content (AvgIpc) is 2.89. The van der Waals surface area contributed by atoms with Crippen LogP contribution in [0.15, 0.2) is 42.5 Å². The number of benzene rings is 2. The molecule has 1 aromatic heterocycles. The number of rotatable bonds is 2. The number of nitrogens with one attached hydrogen (secondary N) is 1.